The highest BCUT2D eigenvalue weighted by molar-refractivity contribution is 5.83. The first-order valence-electron chi connectivity index (χ1n) is 10.9. The summed E-state index contributed by atoms with van der Waals surface area (Å²) in [4.78, 5) is 16.5. The summed E-state index contributed by atoms with van der Waals surface area (Å²) in [6.07, 6.45) is 3.65. The minimum Gasteiger partial charge on any atom is -0.471 e. The zero-order valence-corrected chi connectivity index (χ0v) is 19.1. The van der Waals surface area contributed by atoms with E-state index in [1.165, 1.54) is 22.8 Å². The average molecular weight is 455 g/mol. The maximum atomic E-state index is 13.5. The predicted molar refractivity (Wildman–Crippen MR) is 130 cm³/mol. The lowest BCUT2D eigenvalue weighted by Crippen LogP contribution is -2.13. The fourth-order valence-corrected chi connectivity index (χ4v) is 3.98. The van der Waals surface area contributed by atoms with Gasteiger partial charge in [0.05, 0.1) is 16.8 Å². The van der Waals surface area contributed by atoms with Crippen molar-refractivity contribution in [3.05, 3.63) is 100 Å². The maximum absolute atomic E-state index is 13.5. The molecule has 3 heterocycles. The average Bonchev–Trinajstić information content (AvgIpc) is 3.20. The molecule has 0 spiro atoms. The van der Waals surface area contributed by atoms with Gasteiger partial charge in [-0.3, -0.25) is 9.48 Å². The molecular weight excluding hydrogens is 431 g/mol. The zero-order valence-electron chi connectivity index (χ0n) is 19.1. The summed E-state index contributed by atoms with van der Waals surface area (Å²) < 4.78 is 22.8. The lowest BCUT2D eigenvalue weighted by molar-refractivity contribution is 0.292. The van der Waals surface area contributed by atoms with Crippen molar-refractivity contribution < 1.29 is 9.13 Å². The molecule has 0 bridgehead atoms. The molecule has 0 aliphatic carbocycles. The third-order valence-corrected chi connectivity index (χ3v) is 5.76. The number of aromatic nitrogens is 4. The van der Waals surface area contributed by atoms with Crippen molar-refractivity contribution in [1.29, 1.82) is 0 Å². The van der Waals surface area contributed by atoms with Gasteiger partial charge >= 0.3 is 0 Å². The standard InChI is InChI=1S/C27H23FN4O2/c1-17-12-21-13-22(28)9-10-24(21)29-26(17)19-6-4-18(5-7-19)16-34-27-23(15-32(3)30-27)20-8-11-25(33)31(2)14-20/h4-15H,16H2,1-3H3. The Morgan fingerprint density at radius 3 is 2.47 bits per heavy atom. The first kappa shape index (κ1) is 21.6. The molecule has 170 valence electrons. The van der Waals surface area contributed by atoms with Gasteiger partial charge in [-0.15, -0.1) is 5.10 Å². The van der Waals surface area contributed by atoms with Crippen LogP contribution < -0.4 is 10.3 Å². The van der Waals surface area contributed by atoms with Crippen LogP contribution in [0.15, 0.2) is 77.9 Å². The first-order valence-corrected chi connectivity index (χ1v) is 10.9. The summed E-state index contributed by atoms with van der Waals surface area (Å²) >= 11 is 0. The smallest absolute Gasteiger partial charge is 0.250 e. The molecular formula is C27H23FN4O2. The number of nitrogens with zero attached hydrogens (tertiary/aromatic N) is 4. The van der Waals surface area contributed by atoms with Crippen LogP contribution >= 0.6 is 0 Å². The second-order valence-corrected chi connectivity index (χ2v) is 8.37. The maximum Gasteiger partial charge on any atom is 0.250 e. The summed E-state index contributed by atoms with van der Waals surface area (Å²) in [6.45, 7) is 2.32. The van der Waals surface area contributed by atoms with E-state index >= 15 is 0 Å². The van der Waals surface area contributed by atoms with Crippen molar-refractivity contribution in [2.45, 2.75) is 13.5 Å². The molecule has 0 aliphatic heterocycles. The first-order chi connectivity index (χ1) is 16.4. The molecule has 0 saturated heterocycles. The SMILES string of the molecule is Cc1cc2cc(F)ccc2nc1-c1ccc(COc2nn(C)cc2-c2ccc(=O)n(C)c2)cc1. The van der Waals surface area contributed by atoms with Gasteiger partial charge in [-0.25, -0.2) is 9.37 Å². The number of hydrogen-bond donors (Lipinski definition) is 0. The Morgan fingerprint density at radius 2 is 1.71 bits per heavy atom. The van der Waals surface area contributed by atoms with Crippen molar-refractivity contribution in [3.63, 3.8) is 0 Å². The van der Waals surface area contributed by atoms with Crippen LogP contribution in [-0.2, 0) is 20.7 Å². The Bertz CT molecular complexity index is 1570. The highest BCUT2D eigenvalue weighted by Gasteiger charge is 2.13. The molecule has 3 aromatic heterocycles. The predicted octanol–water partition coefficient (Wildman–Crippen LogP) is 5.03. The van der Waals surface area contributed by atoms with Gasteiger partial charge in [0, 0.05) is 49.1 Å². The number of ether oxygens (including phenoxy) is 1. The molecule has 7 heteroatoms. The van der Waals surface area contributed by atoms with Gasteiger partial charge in [0.2, 0.25) is 11.4 Å². The summed E-state index contributed by atoms with van der Waals surface area (Å²) in [5.74, 6) is 0.239. The van der Waals surface area contributed by atoms with Crippen LogP contribution in [0.2, 0.25) is 0 Å². The van der Waals surface area contributed by atoms with Crippen molar-refractivity contribution in [1.82, 2.24) is 19.3 Å². The van der Waals surface area contributed by atoms with E-state index in [4.69, 9.17) is 9.72 Å². The van der Waals surface area contributed by atoms with Gasteiger partial charge in [-0.1, -0.05) is 24.3 Å². The Kier molecular flexibility index (Phi) is 5.45. The molecule has 0 radical (unpaired) electrons. The number of aryl methyl sites for hydroxylation is 3. The molecule has 0 amide bonds. The minimum absolute atomic E-state index is 0.0708. The van der Waals surface area contributed by atoms with Crippen LogP contribution in [0.3, 0.4) is 0 Å². The van der Waals surface area contributed by atoms with E-state index in [1.54, 1.807) is 30.1 Å². The summed E-state index contributed by atoms with van der Waals surface area (Å²) in [5, 5.41) is 5.22. The molecule has 0 aliphatic rings. The molecule has 0 fully saturated rings. The Morgan fingerprint density at radius 1 is 0.941 bits per heavy atom. The topological polar surface area (TPSA) is 61.9 Å². The number of rotatable bonds is 5. The molecule has 5 rings (SSSR count). The van der Waals surface area contributed by atoms with E-state index in [0.717, 1.165) is 44.4 Å². The number of benzene rings is 2. The molecule has 5 aromatic rings. The van der Waals surface area contributed by atoms with E-state index in [-0.39, 0.29) is 11.4 Å². The molecule has 0 N–H and O–H groups in total. The summed E-state index contributed by atoms with van der Waals surface area (Å²) in [6, 6.07) is 17.9. The number of halogens is 1. The second-order valence-electron chi connectivity index (χ2n) is 8.37. The minimum atomic E-state index is -0.266. The normalized spacial score (nSPS) is 11.2. The van der Waals surface area contributed by atoms with Gasteiger partial charge in [0.1, 0.15) is 12.4 Å². The highest BCUT2D eigenvalue weighted by atomic mass is 19.1. The van der Waals surface area contributed by atoms with Crippen LogP contribution in [0.5, 0.6) is 5.88 Å². The number of fused-ring (bicyclic) bond motifs is 1. The monoisotopic (exact) mass is 454 g/mol. The van der Waals surface area contributed by atoms with Crippen LogP contribution in [0.1, 0.15) is 11.1 Å². The Labute approximate surface area is 195 Å². The van der Waals surface area contributed by atoms with Gasteiger partial charge in [0.15, 0.2) is 0 Å². The molecule has 0 saturated carbocycles. The van der Waals surface area contributed by atoms with Crippen molar-refractivity contribution in [3.8, 4) is 28.3 Å². The Hall–Kier alpha value is -4.26. The highest BCUT2D eigenvalue weighted by Crippen LogP contribution is 2.29. The fraction of sp³-hybridized carbons (Fsp3) is 0.148. The van der Waals surface area contributed by atoms with Crippen LogP contribution in [0.4, 0.5) is 4.39 Å². The quantitative estimate of drug-likeness (QED) is 0.374. The Balaban J connectivity index is 1.36. The van der Waals surface area contributed by atoms with Crippen molar-refractivity contribution >= 4 is 10.9 Å². The molecule has 0 unspecified atom stereocenters. The lowest BCUT2D eigenvalue weighted by atomic mass is 10.0. The lowest BCUT2D eigenvalue weighted by Gasteiger charge is -2.10. The van der Waals surface area contributed by atoms with Crippen LogP contribution in [-0.4, -0.2) is 19.3 Å². The van der Waals surface area contributed by atoms with Crippen LogP contribution in [0.25, 0.3) is 33.3 Å². The van der Waals surface area contributed by atoms with E-state index in [9.17, 15) is 9.18 Å². The number of hydrogen-bond acceptors (Lipinski definition) is 4. The molecule has 2 aromatic carbocycles. The number of pyridine rings is 2. The summed E-state index contributed by atoms with van der Waals surface area (Å²) in [5.41, 5.74) is 6.19. The van der Waals surface area contributed by atoms with Crippen molar-refractivity contribution in [2.75, 3.05) is 0 Å². The second kappa shape index (κ2) is 8.59. The van der Waals surface area contributed by atoms with Gasteiger partial charge in [0.25, 0.3) is 0 Å². The molecule has 6 nitrogen and oxygen atoms in total. The van der Waals surface area contributed by atoms with Gasteiger partial charge < -0.3 is 9.30 Å². The van der Waals surface area contributed by atoms with E-state index < -0.39 is 0 Å². The van der Waals surface area contributed by atoms with E-state index in [1.807, 2.05) is 50.5 Å². The fourth-order valence-electron chi connectivity index (χ4n) is 3.98. The zero-order chi connectivity index (χ0) is 23.8. The molecule has 34 heavy (non-hydrogen) atoms. The van der Waals surface area contributed by atoms with Crippen molar-refractivity contribution in [2.24, 2.45) is 14.1 Å². The molecule has 0 atom stereocenters. The van der Waals surface area contributed by atoms with Gasteiger partial charge in [-0.05, 0) is 48.4 Å². The van der Waals surface area contributed by atoms with Gasteiger partial charge in [-0.2, -0.15) is 0 Å². The third-order valence-electron chi connectivity index (χ3n) is 5.76. The van der Waals surface area contributed by atoms with E-state index in [0.29, 0.717) is 12.5 Å². The van der Waals surface area contributed by atoms with Crippen LogP contribution in [0, 0.1) is 12.7 Å². The summed E-state index contributed by atoms with van der Waals surface area (Å²) in [7, 11) is 3.55. The van der Waals surface area contributed by atoms with E-state index in [2.05, 4.69) is 5.10 Å². The third kappa shape index (κ3) is 4.20. The largest absolute Gasteiger partial charge is 0.471 e.